The van der Waals surface area contributed by atoms with E-state index < -0.39 is 12.7 Å². The van der Waals surface area contributed by atoms with E-state index >= 15 is 0 Å². The molecule has 1 unspecified atom stereocenters. The van der Waals surface area contributed by atoms with Crippen molar-refractivity contribution in [3.05, 3.63) is 23.9 Å². The quantitative estimate of drug-likeness (QED) is 0.332. The van der Waals surface area contributed by atoms with Crippen LogP contribution in [0.2, 0.25) is 0 Å². The highest BCUT2D eigenvalue weighted by Gasteiger charge is 2.34. The summed E-state index contributed by atoms with van der Waals surface area (Å²) in [6, 6.07) is 3.65. The molecule has 0 amide bonds. The first-order valence-corrected chi connectivity index (χ1v) is 9.20. The lowest BCUT2D eigenvalue weighted by Crippen LogP contribution is -2.45. The lowest BCUT2D eigenvalue weighted by molar-refractivity contribution is -0.143. The van der Waals surface area contributed by atoms with Crippen molar-refractivity contribution >= 4 is 29.9 Å². The van der Waals surface area contributed by atoms with E-state index in [0.29, 0.717) is 44.4 Å². The van der Waals surface area contributed by atoms with Crippen LogP contribution < -0.4 is 15.4 Å². The van der Waals surface area contributed by atoms with Crippen LogP contribution in [0.3, 0.4) is 0 Å². The van der Waals surface area contributed by atoms with Crippen LogP contribution in [0.25, 0.3) is 0 Å². The molecule has 2 N–H and O–H groups in total. The average Bonchev–Trinajstić information content (AvgIpc) is 2.98. The molecule has 1 aromatic rings. The molecule has 1 aromatic heterocycles. The van der Waals surface area contributed by atoms with E-state index in [9.17, 15) is 13.2 Å². The van der Waals surface area contributed by atoms with E-state index in [1.54, 1.807) is 12.3 Å². The Morgan fingerprint density at radius 2 is 2.14 bits per heavy atom. The van der Waals surface area contributed by atoms with E-state index in [2.05, 4.69) is 20.6 Å². The summed E-state index contributed by atoms with van der Waals surface area (Å²) in [6.07, 6.45) is -1.73. The van der Waals surface area contributed by atoms with Gasteiger partial charge in [0, 0.05) is 37.9 Å². The lowest BCUT2D eigenvalue weighted by atomic mass is 10.2. The molecule has 1 aliphatic heterocycles. The minimum Gasteiger partial charge on any atom is -0.475 e. The van der Waals surface area contributed by atoms with Gasteiger partial charge in [-0.15, -0.1) is 24.0 Å². The normalized spacial score (nSPS) is 18.1. The van der Waals surface area contributed by atoms with Gasteiger partial charge in [0.2, 0.25) is 5.88 Å². The zero-order valence-corrected chi connectivity index (χ0v) is 18.8. The van der Waals surface area contributed by atoms with Crippen molar-refractivity contribution in [3.63, 3.8) is 0 Å². The van der Waals surface area contributed by atoms with Gasteiger partial charge in [-0.1, -0.05) is 6.07 Å². The number of aliphatic imine (C=N–C) groups is 1. The van der Waals surface area contributed by atoms with Gasteiger partial charge in [-0.2, -0.15) is 13.2 Å². The maximum absolute atomic E-state index is 12.5. The van der Waals surface area contributed by atoms with Crippen molar-refractivity contribution in [1.29, 1.82) is 0 Å². The second-order valence-electron chi connectivity index (χ2n) is 6.85. The molecule has 0 aliphatic carbocycles. The topological polar surface area (TPSA) is 61.8 Å². The van der Waals surface area contributed by atoms with Crippen LogP contribution in [0.1, 0.15) is 32.8 Å². The Hall–Kier alpha value is -1.30. The maximum Gasteiger partial charge on any atom is 0.401 e. The van der Waals surface area contributed by atoms with Gasteiger partial charge in [-0.05, 0) is 32.8 Å². The summed E-state index contributed by atoms with van der Waals surface area (Å²) in [7, 11) is 0. The number of hydrogen-bond donors (Lipinski definition) is 2. The highest BCUT2D eigenvalue weighted by atomic mass is 127. The first-order chi connectivity index (χ1) is 12.7. The van der Waals surface area contributed by atoms with Crippen LogP contribution >= 0.6 is 24.0 Å². The molecule has 1 saturated heterocycles. The molecule has 160 valence electrons. The summed E-state index contributed by atoms with van der Waals surface area (Å²) in [5, 5.41) is 6.36. The van der Waals surface area contributed by atoms with Crippen LogP contribution in [0.5, 0.6) is 5.88 Å². The Kier molecular flexibility index (Phi) is 10.3. The van der Waals surface area contributed by atoms with Crippen molar-refractivity contribution in [1.82, 2.24) is 20.5 Å². The Morgan fingerprint density at radius 1 is 1.39 bits per heavy atom. The molecule has 0 saturated carbocycles. The molecule has 28 heavy (non-hydrogen) atoms. The third-order valence-electron chi connectivity index (χ3n) is 3.93. The van der Waals surface area contributed by atoms with Gasteiger partial charge >= 0.3 is 6.18 Å². The van der Waals surface area contributed by atoms with Crippen LogP contribution in [-0.4, -0.2) is 60.3 Å². The number of halogens is 4. The Balaban J connectivity index is 0.00000392. The number of rotatable bonds is 7. The number of hydrogen-bond acceptors (Lipinski definition) is 4. The largest absolute Gasteiger partial charge is 0.475 e. The van der Waals surface area contributed by atoms with Gasteiger partial charge < -0.3 is 15.4 Å². The van der Waals surface area contributed by atoms with Crippen LogP contribution in [-0.2, 0) is 6.54 Å². The Labute approximate surface area is 181 Å². The van der Waals surface area contributed by atoms with Gasteiger partial charge in [0.15, 0.2) is 5.96 Å². The fourth-order valence-corrected chi connectivity index (χ4v) is 2.85. The van der Waals surface area contributed by atoms with Gasteiger partial charge in [-0.25, -0.2) is 9.98 Å². The van der Waals surface area contributed by atoms with Crippen molar-refractivity contribution < 1.29 is 17.9 Å². The molecular formula is C18H29F3IN5O. The summed E-state index contributed by atoms with van der Waals surface area (Å²) in [5.74, 6) is 1.16. The molecule has 2 heterocycles. The second kappa shape index (κ2) is 11.6. The first-order valence-electron chi connectivity index (χ1n) is 9.20. The molecular weight excluding hydrogens is 486 g/mol. The highest BCUT2D eigenvalue weighted by Crippen LogP contribution is 2.20. The number of alkyl halides is 3. The minimum atomic E-state index is -4.16. The van der Waals surface area contributed by atoms with E-state index in [-0.39, 0.29) is 36.1 Å². The predicted molar refractivity (Wildman–Crippen MR) is 114 cm³/mol. The lowest BCUT2D eigenvalue weighted by Gasteiger charge is -2.19. The van der Waals surface area contributed by atoms with Gasteiger partial charge in [-0.3, -0.25) is 4.90 Å². The number of aromatic nitrogens is 1. The zero-order valence-electron chi connectivity index (χ0n) is 16.4. The number of nitrogens with zero attached hydrogens (tertiary/aromatic N) is 3. The number of likely N-dealkylation sites (tertiary alicyclic amines) is 1. The standard InChI is InChI=1S/C18H28F3N5O.HI/c1-4-22-17(25-15-7-8-26(11-15)12-18(19,20)21)24-10-14-5-6-16(23-9-14)27-13(2)3;/h5-6,9,13,15H,4,7-8,10-12H2,1-3H3,(H2,22,24,25);1H. The smallest absolute Gasteiger partial charge is 0.401 e. The van der Waals surface area contributed by atoms with E-state index in [0.717, 1.165) is 5.56 Å². The fourth-order valence-electron chi connectivity index (χ4n) is 2.85. The van der Waals surface area contributed by atoms with E-state index in [1.165, 1.54) is 4.90 Å². The van der Waals surface area contributed by atoms with Crippen LogP contribution in [0.15, 0.2) is 23.3 Å². The third-order valence-corrected chi connectivity index (χ3v) is 3.93. The second-order valence-corrected chi connectivity index (χ2v) is 6.85. The van der Waals surface area contributed by atoms with E-state index in [4.69, 9.17) is 4.74 Å². The van der Waals surface area contributed by atoms with Crippen LogP contribution in [0, 0.1) is 0 Å². The predicted octanol–water partition coefficient (Wildman–Crippen LogP) is 3.18. The molecule has 10 heteroatoms. The summed E-state index contributed by atoms with van der Waals surface area (Å²) >= 11 is 0. The Bertz CT molecular complexity index is 610. The number of ether oxygens (including phenoxy) is 1. The SMILES string of the molecule is CCNC(=NCc1ccc(OC(C)C)nc1)NC1CCN(CC(F)(F)F)C1.I. The maximum atomic E-state index is 12.5. The van der Waals surface area contributed by atoms with Crippen molar-refractivity contribution in [2.75, 3.05) is 26.2 Å². The Morgan fingerprint density at radius 3 is 2.71 bits per heavy atom. The molecule has 0 spiro atoms. The monoisotopic (exact) mass is 515 g/mol. The first kappa shape index (κ1) is 24.7. The van der Waals surface area contributed by atoms with E-state index in [1.807, 2.05) is 26.8 Å². The number of guanidine groups is 1. The van der Waals surface area contributed by atoms with Crippen LogP contribution in [0.4, 0.5) is 13.2 Å². The summed E-state index contributed by atoms with van der Waals surface area (Å²) < 4.78 is 43.0. The highest BCUT2D eigenvalue weighted by molar-refractivity contribution is 14.0. The summed E-state index contributed by atoms with van der Waals surface area (Å²) in [5.41, 5.74) is 0.924. The van der Waals surface area contributed by atoms with Gasteiger partial charge in [0.1, 0.15) is 0 Å². The molecule has 0 bridgehead atoms. The molecule has 1 fully saturated rings. The summed E-state index contributed by atoms with van der Waals surface area (Å²) in [4.78, 5) is 10.2. The van der Waals surface area contributed by atoms with Gasteiger partial charge in [0.05, 0.1) is 19.2 Å². The number of nitrogens with one attached hydrogen (secondary N) is 2. The molecule has 6 nitrogen and oxygen atoms in total. The van der Waals surface area contributed by atoms with Crippen molar-refractivity contribution in [2.45, 2.75) is 52.1 Å². The molecule has 2 rings (SSSR count). The fraction of sp³-hybridized carbons (Fsp3) is 0.667. The van der Waals surface area contributed by atoms with Crippen molar-refractivity contribution in [3.8, 4) is 5.88 Å². The summed E-state index contributed by atoms with van der Waals surface area (Å²) in [6.45, 7) is 6.83. The third kappa shape index (κ3) is 9.26. The van der Waals surface area contributed by atoms with Gasteiger partial charge in [0.25, 0.3) is 0 Å². The van der Waals surface area contributed by atoms with Crippen molar-refractivity contribution in [2.24, 2.45) is 4.99 Å². The number of pyridine rings is 1. The molecule has 1 atom stereocenters. The molecule has 0 aromatic carbocycles. The average molecular weight is 515 g/mol. The molecule has 1 aliphatic rings. The minimum absolute atomic E-state index is 0. The molecule has 0 radical (unpaired) electrons. The zero-order chi connectivity index (χ0) is 19.9.